The van der Waals surface area contributed by atoms with Gasteiger partial charge in [-0.05, 0) is 51.8 Å². The molecule has 46 heavy (non-hydrogen) atoms. The topological polar surface area (TPSA) is 133 Å². The summed E-state index contributed by atoms with van der Waals surface area (Å²) in [6.07, 6.45) is -4.45. The maximum absolute atomic E-state index is 14.1. The summed E-state index contributed by atoms with van der Waals surface area (Å²) in [6, 6.07) is 2.64. The van der Waals surface area contributed by atoms with Crippen molar-refractivity contribution in [3.05, 3.63) is 50.4 Å². The van der Waals surface area contributed by atoms with Gasteiger partial charge in [0.05, 0.1) is 47.4 Å². The largest absolute Gasteiger partial charge is 0.444 e. The second-order valence-corrected chi connectivity index (χ2v) is 12.8. The Hall–Kier alpha value is -3.89. The highest BCUT2D eigenvalue weighted by atomic mass is 35.5. The van der Waals surface area contributed by atoms with Crippen LogP contribution in [0.1, 0.15) is 50.4 Å². The van der Waals surface area contributed by atoms with Gasteiger partial charge in [0.15, 0.2) is 0 Å². The molecule has 2 fully saturated rings. The minimum atomic E-state index is -4.60. The summed E-state index contributed by atoms with van der Waals surface area (Å²) in [5.41, 5.74) is -2.36. The number of ether oxygens (including phenoxy) is 3. The van der Waals surface area contributed by atoms with Gasteiger partial charge < -0.3 is 33.9 Å². The van der Waals surface area contributed by atoms with Crippen molar-refractivity contribution in [1.82, 2.24) is 24.1 Å². The fourth-order valence-corrected chi connectivity index (χ4v) is 6.16. The number of nitrogens with one attached hydrogen (secondary N) is 1. The Labute approximate surface area is 266 Å². The van der Waals surface area contributed by atoms with Crippen LogP contribution in [0, 0.1) is 0 Å². The van der Waals surface area contributed by atoms with E-state index < -0.39 is 40.5 Å². The van der Waals surface area contributed by atoms with Gasteiger partial charge in [0, 0.05) is 26.2 Å². The van der Waals surface area contributed by atoms with Crippen LogP contribution in [0.2, 0.25) is 5.02 Å². The van der Waals surface area contributed by atoms with Crippen LogP contribution in [0.4, 0.5) is 29.6 Å². The molecule has 13 nitrogen and oxygen atoms in total. The molecule has 0 radical (unpaired) electrons. The summed E-state index contributed by atoms with van der Waals surface area (Å²) in [5, 5.41) is 6.80. The zero-order chi connectivity index (χ0) is 33.0. The summed E-state index contributed by atoms with van der Waals surface area (Å²) < 4.78 is 59.3. The average Bonchev–Trinajstić information content (AvgIpc) is 3.59. The molecule has 17 heteroatoms. The number of hydrogen-bond donors (Lipinski definition) is 1. The zero-order valence-corrected chi connectivity index (χ0v) is 26.2. The summed E-state index contributed by atoms with van der Waals surface area (Å²) in [6.45, 7) is 7.44. The molecule has 5 heterocycles. The van der Waals surface area contributed by atoms with Crippen molar-refractivity contribution >= 4 is 41.0 Å². The number of aromatic nitrogens is 4. The van der Waals surface area contributed by atoms with E-state index in [0.717, 1.165) is 22.7 Å². The minimum absolute atomic E-state index is 0.00825. The van der Waals surface area contributed by atoms with Gasteiger partial charge in [0.25, 0.3) is 5.56 Å². The molecule has 0 atom stereocenters. The molecule has 2 saturated heterocycles. The number of carbonyl (C=O) groups excluding carboxylic acids is 2. The van der Waals surface area contributed by atoms with Crippen molar-refractivity contribution in [2.75, 3.05) is 49.6 Å². The van der Waals surface area contributed by atoms with E-state index >= 15 is 0 Å². The second-order valence-electron chi connectivity index (χ2n) is 12.4. The number of amides is 2. The van der Waals surface area contributed by atoms with Crippen LogP contribution in [0.5, 0.6) is 0 Å². The van der Waals surface area contributed by atoms with E-state index in [2.05, 4.69) is 15.4 Å². The summed E-state index contributed by atoms with van der Waals surface area (Å²) in [5.74, 6) is -0.226. The Balaban J connectivity index is 1.35. The standard InChI is InChI=1S/C29H33ClF3N7O6/c1-27(2,3)46-26(43)38-8-6-28(7-9-38)22-20(16-45-28)39(15-21(41)34-19-5-4-17(14-18(19)30)29(31,32)33)25-35-24(36-40(25)23(22)42)37-10-12-44-13-11-37/h4-5,14H,6-13,15-16H2,1-3H3,(H,34,41). The van der Waals surface area contributed by atoms with Gasteiger partial charge in [-0.1, -0.05) is 11.6 Å². The van der Waals surface area contributed by atoms with E-state index in [-0.39, 0.29) is 42.7 Å². The molecular formula is C29H33ClF3N7O6. The van der Waals surface area contributed by atoms with E-state index in [9.17, 15) is 27.6 Å². The first kappa shape index (κ1) is 32.1. The molecular weight excluding hydrogens is 635 g/mol. The Morgan fingerprint density at radius 2 is 1.80 bits per heavy atom. The number of anilines is 2. The third kappa shape index (κ3) is 6.12. The Morgan fingerprint density at radius 3 is 2.43 bits per heavy atom. The van der Waals surface area contributed by atoms with Gasteiger partial charge in [-0.15, -0.1) is 5.10 Å². The number of halogens is 4. The highest BCUT2D eigenvalue weighted by Gasteiger charge is 2.48. The highest BCUT2D eigenvalue weighted by Crippen LogP contribution is 2.43. The zero-order valence-electron chi connectivity index (χ0n) is 25.4. The van der Waals surface area contributed by atoms with Crippen molar-refractivity contribution in [3.63, 3.8) is 0 Å². The molecule has 0 unspecified atom stereocenters. The third-order valence-electron chi connectivity index (χ3n) is 8.17. The number of benzene rings is 1. The number of fused-ring (bicyclic) bond motifs is 3. The van der Waals surface area contributed by atoms with Crippen LogP contribution < -0.4 is 15.8 Å². The van der Waals surface area contributed by atoms with Crippen LogP contribution in [0.25, 0.3) is 5.78 Å². The van der Waals surface area contributed by atoms with Gasteiger partial charge in [0.1, 0.15) is 17.7 Å². The van der Waals surface area contributed by atoms with Crippen molar-refractivity contribution < 1.29 is 37.0 Å². The number of hydrogen-bond acceptors (Lipinski definition) is 9. The molecule has 0 bridgehead atoms. The van der Waals surface area contributed by atoms with Gasteiger partial charge in [0.2, 0.25) is 17.6 Å². The molecule has 3 aromatic rings. The number of nitrogens with zero attached hydrogens (tertiary/aromatic N) is 6. The molecule has 3 aliphatic heterocycles. The maximum atomic E-state index is 14.1. The van der Waals surface area contributed by atoms with Crippen molar-refractivity contribution in [2.24, 2.45) is 0 Å². The second kappa shape index (κ2) is 11.7. The smallest absolute Gasteiger partial charge is 0.416 e. The number of alkyl halides is 3. The molecule has 3 aliphatic rings. The fraction of sp³-hybridized carbons (Fsp3) is 0.552. The molecule has 1 spiro atoms. The average molecular weight is 668 g/mol. The summed E-state index contributed by atoms with van der Waals surface area (Å²) in [7, 11) is 0. The lowest BCUT2D eigenvalue weighted by Crippen LogP contribution is -2.48. The van der Waals surface area contributed by atoms with E-state index in [0.29, 0.717) is 56.4 Å². The van der Waals surface area contributed by atoms with Gasteiger partial charge in [-0.25, -0.2) is 4.79 Å². The molecule has 0 aliphatic carbocycles. The first-order valence-corrected chi connectivity index (χ1v) is 15.2. The van der Waals surface area contributed by atoms with Crippen LogP contribution in [-0.4, -0.2) is 81.1 Å². The number of piperidine rings is 1. The first-order valence-electron chi connectivity index (χ1n) is 14.8. The van der Waals surface area contributed by atoms with Gasteiger partial charge in [-0.3, -0.25) is 9.59 Å². The lowest BCUT2D eigenvalue weighted by Gasteiger charge is -2.39. The predicted octanol–water partition coefficient (Wildman–Crippen LogP) is 3.79. The molecule has 2 amide bonds. The lowest BCUT2D eigenvalue weighted by atomic mass is 9.85. The quantitative estimate of drug-likeness (QED) is 0.441. The Bertz CT molecular complexity index is 1740. The monoisotopic (exact) mass is 667 g/mol. The van der Waals surface area contributed by atoms with Crippen molar-refractivity contribution in [1.29, 1.82) is 0 Å². The number of likely N-dealkylation sites (tertiary alicyclic amines) is 1. The van der Waals surface area contributed by atoms with E-state index in [4.69, 9.17) is 25.8 Å². The van der Waals surface area contributed by atoms with Crippen molar-refractivity contribution in [2.45, 2.75) is 64.1 Å². The summed E-state index contributed by atoms with van der Waals surface area (Å²) in [4.78, 5) is 48.3. The van der Waals surface area contributed by atoms with Crippen LogP contribution in [0.3, 0.4) is 0 Å². The van der Waals surface area contributed by atoms with E-state index in [1.165, 1.54) is 4.57 Å². The predicted molar refractivity (Wildman–Crippen MR) is 159 cm³/mol. The third-order valence-corrected chi connectivity index (χ3v) is 8.48. The van der Waals surface area contributed by atoms with E-state index in [1.54, 1.807) is 25.7 Å². The SMILES string of the molecule is CC(C)(C)OC(=O)N1CCC2(CC1)OCc1c2c(=O)n2nc(N3CCOCC3)nc2n1CC(=O)Nc1ccc(C(F)(F)F)cc1Cl. The van der Waals surface area contributed by atoms with Crippen molar-refractivity contribution in [3.8, 4) is 0 Å². The number of morpholine rings is 1. The van der Waals surface area contributed by atoms with Gasteiger partial charge >= 0.3 is 12.3 Å². The first-order chi connectivity index (χ1) is 21.6. The molecule has 1 N–H and O–H groups in total. The van der Waals surface area contributed by atoms with Crippen LogP contribution in [-0.2, 0) is 43.9 Å². The molecule has 2 aromatic heterocycles. The number of rotatable bonds is 4. The Morgan fingerprint density at radius 1 is 1.11 bits per heavy atom. The maximum Gasteiger partial charge on any atom is 0.416 e. The molecule has 248 valence electrons. The van der Waals surface area contributed by atoms with Crippen LogP contribution >= 0.6 is 11.6 Å². The molecule has 6 rings (SSSR count). The number of carbonyl (C=O) groups is 2. The highest BCUT2D eigenvalue weighted by molar-refractivity contribution is 6.33. The Kier molecular flexibility index (Phi) is 8.17. The van der Waals surface area contributed by atoms with Crippen LogP contribution in [0.15, 0.2) is 23.0 Å². The van der Waals surface area contributed by atoms with Gasteiger partial charge in [-0.2, -0.15) is 22.7 Å². The minimum Gasteiger partial charge on any atom is -0.444 e. The fourth-order valence-electron chi connectivity index (χ4n) is 5.94. The lowest BCUT2D eigenvalue weighted by molar-refractivity contribution is -0.137. The molecule has 0 saturated carbocycles. The normalized spacial score (nSPS) is 18.2. The molecule has 1 aromatic carbocycles. The summed E-state index contributed by atoms with van der Waals surface area (Å²) >= 11 is 6.09. The van der Waals surface area contributed by atoms with E-state index in [1.807, 2.05) is 4.90 Å².